The quantitative estimate of drug-likeness (QED) is 0.321. The average molecular weight is 532 g/mol. The van der Waals surface area contributed by atoms with Crippen LogP contribution >= 0.6 is 0 Å². The lowest BCUT2D eigenvalue weighted by Crippen LogP contribution is -2.48. The summed E-state index contributed by atoms with van der Waals surface area (Å²) in [6, 6.07) is 22.5. The third-order valence-electron chi connectivity index (χ3n) is 7.43. The van der Waals surface area contributed by atoms with Gasteiger partial charge < -0.3 is 30.9 Å². The highest BCUT2D eigenvalue weighted by Crippen LogP contribution is 2.44. The van der Waals surface area contributed by atoms with Crippen LogP contribution in [0.2, 0.25) is 0 Å². The van der Waals surface area contributed by atoms with Crippen LogP contribution in [0.15, 0.2) is 72.8 Å². The molecule has 4 rings (SSSR count). The van der Waals surface area contributed by atoms with Gasteiger partial charge in [-0.05, 0) is 68.0 Å². The van der Waals surface area contributed by atoms with Gasteiger partial charge in [-0.25, -0.2) is 4.79 Å². The van der Waals surface area contributed by atoms with Gasteiger partial charge in [0.25, 0.3) is 5.91 Å². The Morgan fingerprint density at radius 3 is 2.41 bits per heavy atom. The number of carbonyl (C=O) groups is 2. The topological polar surface area (TPSA) is 128 Å². The zero-order valence-electron chi connectivity index (χ0n) is 22.3. The molecule has 3 aromatic rings. The van der Waals surface area contributed by atoms with Crippen LogP contribution in [-0.4, -0.2) is 41.7 Å². The third-order valence-corrected chi connectivity index (χ3v) is 7.43. The number of aliphatic hydroxyl groups is 1. The minimum atomic E-state index is -1.34. The predicted molar refractivity (Wildman–Crippen MR) is 149 cm³/mol. The molecule has 0 radical (unpaired) electrons. The number of nitrogens with zero attached hydrogens (tertiary/aromatic N) is 1. The standard InChI is InChI=1S/C31H37N3O5/c1-22-8-2-4-11-27(22)39-28-12-5-3-10-26(28)31(37,17-7-19-38-30(33)36)25-9-6-18-34(21-25)29(35)24-15-13-23(20-32)14-16-24/h2-5,8,10-16,25,37H,6-7,9,17-21,32H2,1H3,(H2,33,36). The van der Waals surface area contributed by atoms with E-state index < -0.39 is 11.7 Å². The van der Waals surface area contributed by atoms with Crippen molar-refractivity contribution in [2.45, 2.75) is 44.8 Å². The summed E-state index contributed by atoms with van der Waals surface area (Å²) in [5, 5.41) is 12.4. The second kappa shape index (κ2) is 12.8. The number of carbonyl (C=O) groups excluding carboxylic acids is 2. The molecule has 5 N–H and O–H groups in total. The van der Waals surface area contributed by atoms with Crippen molar-refractivity contribution in [3.63, 3.8) is 0 Å². The van der Waals surface area contributed by atoms with Gasteiger partial charge in [0.2, 0.25) is 0 Å². The number of ether oxygens (including phenoxy) is 2. The van der Waals surface area contributed by atoms with Gasteiger partial charge in [-0.3, -0.25) is 4.79 Å². The number of benzene rings is 3. The molecule has 39 heavy (non-hydrogen) atoms. The maximum atomic E-state index is 13.4. The van der Waals surface area contributed by atoms with E-state index in [2.05, 4.69) is 0 Å². The van der Waals surface area contributed by atoms with Crippen LogP contribution in [0.1, 0.15) is 52.7 Å². The number of primary amides is 1. The van der Waals surface area contributed by atoms with Crippen LogP contribution in [0.4, 0.5) is 4.79 Å². The zero-order valence-corrected chi connectivity index (χ0v) is 22.3. The van der Waals surface area contributed by atoms with Crippen LogP contribution in [-0.2, 0) is 16.9 Å². The van der Waals surface area contributed by atoms with Crippen molar-refractivity contribution in [3.8, 4) is 11.5 Å². The molecule has 1 saturated heterocycles. The minimum absolute atomic E-state index is 0.0767. The molecule has 1 heterocycles. The lowest BCUT2D eigenvalue weighted by Gasteiger charge is -2.43. The molecule has 206 valence electrons. The number of nitrogens with two attached hydrogens (primary N) is 2. The average Bonchev–Trinajstić information content (AvgIpc) is 2.96. The number of likely N-dealkylation sites (tertiary alicyclic amines) is 1. The fourth-order valence-electron chi connectivity index (χ4n) is 5.29. The van der Waals surface area contributed by atoms with E-state index in [0.717, 1.165) is 24.0 Å². The second-order valence-electron chi connectivity index (χ2n) is 10.1. The van der Waals surface area contributed by atoms with Gasteiger partial charge in [0, 0.05) is 36.7 Å². The van der Waals surface area contributed by atoms with Crippen LogP contribution in [0, 0.1) is 12.8 Å². The van der Waals surface area contributed by atoms with E-state index in [0.29, 0.717) is 55.1 Å². The van der Waals surface area contributed by atoms with Gasteiger partial charge in [0.15, 0.2) is 0 Å². The van der Waals surface area contributed by atoms with Crippen molar-refractivity contribution in [2.24, 2.45) is 17.4 Å². The molecule has 0 saturated carbocycles. The van der Waals surface area contributed by atoms with Crippen molar-refractivity contribution in [3.05, 3.63) is 95.1 Å². The largest absolute Gasteiger partial charge is 0.457 e. The van der Waals surface area contributed by atoms with E-state index >= 15 is 0 Å². The van der Waals surface area contributed by atoms with Crippen molar-refractivity contribution in [2.75, 3.05) is 19.7 Å². The molecule has 8 nitrogen and oxygen atoms in total. The molecule has 2 amide bonds. The fraction of sp³-hybridized carbons (Fsp3) is 0.355. The Labute approximate surface area is 229 Å². The number of aryl methyl sites for hydroxylation is 1. The lowest BCUT2D eigenvalue weighted by atomic mass is 9.74. The molecule has 1 fully saturated rings. The Hall–Kier alpha value is -3.88. The molecule has 0 spiro atoms. The van der Waals surface area contributed by atoms with Crippen molar-refractivity contribution < 1.29 is 24.2 Å². The highest BCUT2D eigenvalue weighted by molar-refractivity contribution is 5.94. The number of piperidine rings is 1. The second-order valence-corrected chi connectivity index (χ2v) is 10.1. The molecule has 3 aromatic carbocycles. The molecular weight excluding hydrogens is 494 g/mol. The summed E-state index contributed by atoms with van der Waals surface area (Å²) in [6.07, 6.45) is 1.31. The van der Waals surface area contributed by atoms with Crippen LogP contribution < -0.4 is 16.2 Å². The summed E-state index contributed by atoms with van der Waals surface area (Å²) in [6.45, 7) is 3.45. The van der Waals surface area contributed by atoms with Crippen LogP contribution in [0.3, 0.4) is 0 Å². The van der Waals surface area contributed by atoms with Gasteiger partial charge in [-0.2, -0.15) is 0 Å². The first-order chi connectivity index (χ1) is 18.8. The Kier molecular flexibility index (Phi) is 9.22. The van der Waals surface area contributed by atoms with Crippen molar-refractivity contribution in [1.82, 2.24) is 4.90 Å². The van der Waals surface area contributed by atoms with E-state index in [1.54, 1.807) is 17.0 Å². The minimum Gasteiger partial charge on any atom is -0.457 e. The summed E-state index contributed by atoms with van der Waals surface area (Å²) in [7, 11) is 0. The predicted octanol–water partition coefficient (Wildman–Crippen LogP) is 4.86. The van der Waals surface area contributed by atoms with E-state index in [4.69, 9.17) is 20.9 Å². The highest BCUT2D eigenvalue weighted by atomic mass is 16.5. The molecule has 2 unspecified atom stereocenters. The third kappa shape index (κ3) is 6.77. The molecule has 1 aliphatic rings. The first-order valence-electron chi connectivity index (χ1n) is 13.4. The fourth-order valence-corrected chi connectivity index (χ4v) is 5.29. The van der Waals surface area contributed by atoms with Gasteiger partial charge in [0.05, 0.1) is 12.2 Å². The smallest absolute Gasteiger partial charge is 0.404 e. The van der Waals surface area contributed by atoms with Gasteiger partial charge in [-0.15, -0.1) is 0 Å². The number of hydrogen-bond acceptors (Lipinski definition) is 6. The van der Waals surface area contributed by atoms with E-state index in [1.165, 1.54) is 0 Å². The van der Waals surface area contributed by atoms with Gasteiger partial charge in [0.1, 0.15) is 11.5 Å². The van der Waals surface area contributed by atoms with Crippen LogP contribution in [0.5, 0.6) is 11.5 Å². The highest BCUT2D eigenvalue weighted by Gasteiger charge is 2.43. The molecule has 0 bridgehead atoms. The van der Waals surface area contributed by atoms with Crippen molar-refractivity contribution in [1.29, 1.82) is 0 Å². The van der Waals surface area contributed by atoms with E-state index in [9.17, 15) is 14.7 Å². The normalized spacial score (nSPS) is 16.8. The van der Waals surface area contributed by atoms with Gasteiger partial charge in [-0.1, -0.05) is 48.5 Å². The SMILES string of the molecule is Cc1ccccc1Oc1ccccc1C(O)(CCCOC(N)=O)C1CCCN(C(=O)c2ccc(CN)cc2)C1. The number of amides is 2. The van der Waals surface area contributed by atoms with E-state index in [1.807, 2.05) is 67.6 Å². The summed E-state index contributed by atoms with van der Waals surface area (Å²) < 4.78 is 11.3. The zero-order chi connectivity index (χ0) is 27.8. The maximum Gasteiger partial charge on any atom is 0.404 e. The number of rotatable bonds is 10. The lowest BCUT2D eigenvalue weighted by molar-refractivity contribution is -0.0603. The maximum absolute atomic E-state index is 13.4. The summed E-state index contributed by atoms with van der Waals surface area (Å²) in [4.78, 5) is 26.4. The van der Waals surface area contributed by atoms with E-state index in [-0.39, 0.29) is 18.4 Å². The Balaban J connectivity index is 1.63. The summed E-state index contributed by atoms with van der Waals surface area (Å²) >= 11 is 0. The first kappa shape index (κ1) is 28.1. The number of para-hydroxylation sites is 2. The molecule has 8 heteroatoms. The Bertz CT molecular complexity index is 1280. The Morgan fingerprint density at radius 1 is 1.03 bits per heavy atom. The first-order valence-corrected chi connectivity index (χ1v) is 13.4. The monoisotopic (exact) mass is 531 g/mol. The van der Waals surface area contributed by atoms with Crippen molar-refractivity contribution >= 4 is 12.0 Å². The molecule has 0 aliphatic carbocycles. The number of hydrogen-bond donors (Lipinski definition) is 3. The van der Waals surface area contributed by atoms with Gasteiger partial charge >= 0.3 is 6.09 Å². The summed E-state index contributed by atoms with van der Waals surface area (Å²) in [5.74, 6) is 0.900. The summed E-state index contributed by atoms with van der Waals surface area (Å²) in [5.41, 5.74) is 12.7. The molecule has 0 aromatic heterocycles. The Morgan fingerprint density at radius 2 is 1.72 bits per heavy atom. The molecular formula is C31H37N3O5. The van der Waals surface area contributed by atoms with Crippen LogP contribution in [0.25, 0.3) is 0 Å². The molecule has 1 aliphatic heterocycles. The molecule has 2 atom stereocenters.